The number of nitrogens with one attached hydrogen (secondary N) is 1. The molecule has 0 atom stereocenters. The molecule has 0 aliphatic rings. The van der Waals surface area contributed by atoms with E-state index in [-0.39, 0.29) is 5.57 Å². The average Bonchev–Trinajstić information content (AvgIpc) is 2.46. The number of primary amides is 1. The van der Waals surface area contributed by atoms with Crippen LogP contribution in [0.2, 0.25) is 10.0 Å². The van der Waals surface area contributed by atoms with E-state index >= 15 is 0 Å². The Bertz CT molecular complexity index is 786. The van der Waals surface area contributed by atoms with Crippen LogP contribution in [-0.2, 0) is 4.79 Å². The molecule has 0 aliphatic carbocycles. The van der Waals surface area contributed by atoms with E-state index < -0.39 is 18.0 Å². The van der Waals surface area contributed by atoms with Gasteiger partial charge in [0, 0.05) is 21.9 Å². The first-order chi connectivity index (χ1) is 11.6. The lowest BCUT2D eigenvalue weighted by molar-refractivity contribution is -0.274. The van der Waals surface area contributed by atoms with Crippen molar-refractivity contribution in [2.45, 2.75) is 6.36 Å². The minimum atomic E-state index is -4.79. The topological polar surface area (TPSA) is 64.4 Å². The summed E-state index contributed by atoms with van der Waals surface area (Å²) in [6, 6.07) is 9.40. The van der Waals surface area contributed by atoms with E-state index in [0.29, 0.717) is 21.3 Å². The summed E-state index contributed by atoms with van der Waals surface area (Å²) in [6.45, 7) is 0. The highest BCUT2D eigenvalue weighted by molar-refractivity contribution is 6.35. The molecule has 0 spiro atoms. The molecule has 0 heterocycles. The Labute approximate surface area is 151 Å². The first kappa shape index (κ1) is 19.0. The molecule has 2 aromatic rings. The molecule has 0 radical (unpaired) electrons. The van der Waals surface area contributed by atoms with E-state index in [1.54, 1.807) is 12.1 Å². The first-order valence-corrected chi connectivity index (χ1v) is 7.48. The Balaban J connectivity index is 2.24. The molecule has 0 saturated heterocycles. The predicted octanol–water partition coefficient (Wildman–Crippen LogP) is 4.83. The van der Waals surface area contributed by atoms with Gasteiger partial charge in [-0.3, -0.25) is 4.79 Å². The Kier molecular flexibility index (Phi) is 5.81. The van der Waals surface area contributed by atoms with Gasteiger partial charge in [0.25, 0.3) is 5.91 Å². The lowest BCUT2D eigenvalue weighted by Crippen LogP contribution is -2.17. The van der Waals surface area contributed by atoms with Crippen LogP contribution in [0.5, 0.6) is 5.75 Å². The number of hydrogen-bond acceptors (Lipinski definition) is 3. The molecule has 3 N–H and O–H groups in total. The largest absolute Gasteiger partial charge is 0.573 e. The number of benzene rings is 2. The SMILES string of the molecule is NC(=O)/C(=C\Nc1cc(Cl)cc(Cl)c1)c1ccc(OC(F)(F)F)cc1. The van der Waals surface area contributed by atoms with Gasteiger partial charge in [-0.05, 0) is 35.9 Å². The third-order valence-electron chi connectivity index (χ3n) is 2.91. The van der Waals surface area contributed by atoms with Gasteiger partial charge in [0.05, 0.1) is 5.57 Å². The van der Waals surface area contributed by atoms with Crippen molar-refractivity contribution in [1.82, 2.24) is 0 Å². The summed E-state index contributed by atoms with van der Waals surface area (Å²) in [7, 11) is 0. The number of halogens is 5. The van der Waals surface area contributed by atoms with E-state index in [1.807, 2.05) is 0 Å². The van der Waals surface area contributed by atoms with Gasteiger partial charge in [-0.1, -0.05) is 35.3 Å². The van der Waals surface area contributed by atoms with Crippen molar-refractivity contribution >= 4 is 40.4 Å². The second-order valence-corrected chi connectivity index (χ2v) is 5.67. The van der Waals surface area contributed by atoms with Crippen molar-refractivity contribution in [1.29, 1.82) is 0 Å². The fourth-order valence-electron chi connectivity index (χ4n) is 1.93. The monoisotopic (exact) mass is 390 g/mol. The molecular weight excluding hydrogens is 380 g/mol. The Morgan fingerprint density at radius 2 is 1.64 bits per heavy atom. The lowest BCUT2D eigenvalue weighted by Gasteiger charge is -2.10. The average molecular weight is 391 g/mol. The number of carbonyl (C=O) groups is 1. The lowest BCUT2D eigenvalue weighted by atomic mass is 10.1. The fourth-order valence-corrected chi connectivity index (χ4v) is 2.45. The van der Waals surface area contributed by atoms with Crippen molar-refractivity contribution in [3.05, 3.63) is 64.3 Å². The number of carbonyl (C=O) groups excluding carboxylic acids is 1. The molecule has 0 saturated carbocycles. The molecule has 25 heavy (non-hydrogen) atoms. The number of alkyl halides is 3. The zero-order chi connectivity index (χ0) is 18.6. The Morgan fingerprint density at radius 1 is 1.08 bits per heavy atom. The zero-order valence-corrected chi connectivity index (χ0v) is 13.9. The quantitative estimate of drug-likeness (QED) is 0.718. The normalized spacial score (nSPS) is 12.0. The number of rotatable bonds is 5. The van der Waals surface area contributed by atoms with E-state index in [9.17, 15) is 18.0 Å². The van der Waals surface area contributed by atoms with E-state index in [1.165, 1.54) is 24.4 Å². The van der Waals surface area contributed by atoms with Crippen LogP contribution in [0.25, 0.3) is 5.57 Å². The van der Waals surface area contributed by atoms with E-state index in [0.717, 1.165) is 12.1 Å². The van der Waals surface area contributed by atoms with Crippen molar-refractivity contribution < 1.29 is 22.7 Å². The van der Waals surface area contributed by atoms with Crippen molar-refractivity contribution in [2.24, 2.45) is 5.73 Å². The molecule has 1 amide bonds. The van der Waals surface area contributed by atoms with Crippen LogP contribution in [-0.4, -0.2) is 12.3 Å². The summed E-state index contributed by atoms with van der Waals surface area (Å²) in [5.41, 5.74) is 6.19. The van der Waals surface area contributed by atoms with Gasteiger partial charge in [-0.2, -0.15) is 0 Å². The maximum Gasteiger partial charge on any atom is 0.573 e. The third-order valence-corrected chi connectivity index (χ3v) is 3.35. The maximum absolute atomic E-state index is 12.2. The van der Waals surface area contributed by atoms with Gasteiger partial charge in [0.2, 0.25) is 0 Å². The smallest absolute Gasteiger partial charge is 0.406 e. The number of nitrogens with two attached hydrogens (primary N) is 1. The summed E-state index contributed by atoms with van der Waals surface area (Å²) in [5, 5.41) is 3.59. The Hall–Kier alpha value is -2.38. The Morgan fingerprint density at radius 3 is 2.12 bits per heavy atom. The summed E-state index contributed by atoms with van der Waals surface area (Å²) >= 11 is 11.7. The van der Waals surface area contributed by atoms with Crippen LogP contribution >= 0.6 is 23.2 Å². The van der Waals surface area contributed by atoms with Gasteiger partial charge in [-0.25, -0.2) is 0 Å². The van der Waals surface area contributed by atoms with Crippen LogP contribution < -0.4 is 15.8 Å². The molecule has 0 unspecified atom stereocenters. The van der Waals surface area contributed by atoms with Gasteiger partial charge in [0.15, 0.2) is 0 Å². The summed E-state index contributed by atoms with van der Waals surface area (Å²) < 4.78 is 40.3. The van der Waals surface area contributed by atoms with Crippen molar-refractivity contribution in [2.75, 3.05) is 5.32 Å². The summed E-state index contributed by atoms with van der Waals surface area (Å²) in [6.07, 6.45) is -3.48. The molecule has 132 valence electrons. The fraction of sp³-hybridized carbons (Fsp3) is 0.0625. The molecule has 9 heteroatoms. The number of amides is 1. The van der Waals surface area contributed by atoms with Crippen LogP contribution in [0.4, 0.5) is 18.9 Å². The van der Waals surface area contributed by atoms with Crippen LogP contribution in [0.1, 0.15) is 5.56 Å². The van der Waals surface area contributed by atoms with Crippen molar-refractivity contribution in [3.63, 3.8) is 0 Å². The molecule has 4 nitrogen and oxygen atoms in total. The number of ether oxygens (including phenoxy) is 1. The highest BCUT2D eigenvalue weighted by Gasteiger charge is 2.31. The first-order valence-electron chi connectivity index (χ1n) is 6.73. The van der Waals surface area contributed by atoms with Crippen molar-refractivity contribution in [3.8, 4) is 5.75 Å². The highest BCUT2D eigenvalue weighted by Crippen LogP contribution is 2.26. The second kappa shape index (κ2) is 7.67. The van der Waals surface area contributed by atoms with Gasteiger partial charge < -0.3 is 15.8 Å². The molecule has 0 aromatic heterocycles. The number of hydrogen-bond donors (Lipinski definition) is 2. The minimum Gasteiger partial charge on any atom is -0.406 e. The highest BCUT2D eigenvalue weighted by atomic mass is 35.5. The standard InChI is InChI=1S/C16H11Cl2F3N2O2/c17-10-5-11(18)7-12(6-10)23-8-14(15(22)24)9-1-3-13(4-2-9)25-16(19,20)21/h1-8,23H,(H2,22,24)/b14-8-. The summed E-state index contributed by atoms with van der Waals surface area (Å²) in [5.74, 6) is -1.18. The van der Waals surface area contributed by atoms with Gasteiger partial charge in [-0.15, -0.1) is 13.2 Å². The molecule has 2 rings (SSSR count). The molecule has 0 fully saturated rings. The third kappa shape index (κ3) is 5.88. The molecule has 0 aliphatic heterocycles. The van der Waals surface area contributed by atoms with Gasteiger partial charge in [0.1, 0.15) is 5.75 Å². The molecular formula is C16H11Cl2F3N2O2. The van der Waals surface area contributed by atoms with Crippen LogP contribution in [0.3, 0.4) is 0 Å². The van der Waals surface area contributed by atoms with Crippen LogP contribution in [0.15, 0.2) is 48.7 Å². The van der Waals surface area contributed by atoms with Gasteiger partial charge >= 0.3 is 6.36 Å². The molecule has 0 bridgehead atoms. The number of anilines is 1. The van der Waals surface area contributed by atoms with Crippen LogP contribution in [0, 0.1) is 0 Å². The van der Waals surface area contributed by atoms with E-state index in [2.05, 4.69) is 10.1 Å². The predicted molar refractivity (Wildman–Crippen MR) is 90.4 cm³/mol. The second-order valence-electron chi connectivity index (χ2n) is 4.80. The van der Waals surface area contributed by atoms with E-state index in [4.69, 9.17) is 28.9 Å². The summed E-state index contributed by atoms with van der Waals surface area (Å²) in [4.78, 5) is 11.6. The zero-order valence-electron chi connectivity index (χ0n) is 12.4. The minimum absolute atomic E-state index is 0.0506. The maximum atomic E-state index is 12.2. The molecule has 2 aromatic carbocycles.